The molecule has 0 saturated heterocycles. The first kappa shape index (κ1) is 16.0. The Hall–Kier alpha value is -1.92. The molecular formula is C17H20N2O3S. The first-order valence-corrected chi connectivity index (χ1v) is 9.21. The van der Waals surface area contributed by atoms with Crippen molar-refractivity contribution < 1.29 is 13.2 Å². The van der Waals surface area contributed by atoms with Gasteiger partial charge in [0.2, 0.25) is 5.03 Å². The van der Waals surface area contributed by atoms with Crippen LogP contribution in [0.15, 0.2) is 47.6 Å². The van der Waals surface area contributed by atoms with E-state index >= 15 is 0 Å². The van der Waals surface area contributed by atoms with Crippen LogP contribution >= 0.6 is 0 Å². The lowest BCUT2D eigenvalue weighted by Gasteiger charge is -2.24. The largest absolute Gasteiger partial charge is 0.491 e. The van der Waals surface area contributed by atoms with Crippen molar-refractivity contribution in [1.82, 2.24) is 9.29 Å². The Morgan fingerprint density at radius 3 is 2.74 bits per heavy atom. The molecule has 0 spiro atoms. The molecule has 2 heterocycles. The van der Waals surface area contributed by atoms with E-state index in [1.54, 1.807) is 12.1 Å². The van der Waals surface area contributed by atoms with Crippen molar-refractivity contribution in [3.05, 3.63) is 53.7 Å². The minimum Gasteiger partial charge on any atom is -0.491 e. The highest BCUT2D eigenvalue weighted by molar-refractivity contribution is 7.89. The number of hydrogen-bond acceptors (Lipinski definition) is 4. The average Bonchev–Trinajstić information content (AvgIpc) is 2.95. The summed E-state index contributed by atoms with van der Waals surface area (Å²) in [6.45, 7) is 4.59. The number of hydrogen-bond donors (Lipinski definition) is 0. The summed E-state index contributed by atoms with van der Waals surface area (Å²) in [5.74, 6) is 0.306. The van der Waals surface area contributed by atoms with E-state index in [2.05, 4.69) is 4.98 Å². The fourth-order valence-corrected chi connectivity index (χ4v) is 4.76. The lowest BCUT2D eigenvalue weighted by atomic mass is 10.0. The van der Waals surface area contributed by atoms with Crippen LogP contribution < -0.4 is 4.74 Å². The molecule has 1 aliphatic rings. The van der Waals surface area contributed by atoms with Gasteiger partial charge in [0.15, 0.2) is 5.75 Å². The van der Waals surface area contributed by atoms with E-state index in [9.17, 15) is 8.42 Å². The molecule has 1 aromatic carbocycles. The monoisotopic (exact) mass is 332 g/mol. The summed E-state index contributed by atoms with van der Waals surface area (Å²) in [5.41, 5.74) is 2.13. The summed E-state index contributed by atoms with van der Waals surface area (Å²) in [6, 6.07) is 11.0. The maximum atomic E-state index is 13.2. The topological polar surface area (TPSA) is 59.5 Å². The Morgan fingerprint density at radius 2 is 2.00 bits per heavy atom. The highest BCUT2D eigenvalue weighted by atomic mass is 32.2. The highest BCUT2D eigenvalue weighted by Gasteiger charge is 2.39. The van der Waals surface area contributed by atoms with Crippen molar-refractivity contribution in [3.63, 3.8) is 0 Å². The van der Waals surface area contributed by atoms with Gasteiger partial charge in [0.25, 0.3) is 10.0 Å². The van der Waals surface area contributed by atoms with Crippen LogP contribution in [-0.4, -0.2) is 24.3 Å². The molecule has 0 fully saturated rings. The maximum absolute atomic E-state index is 13.2. The minimum absolute atomic E-state index is 0.00638. The molecule has 6 heteroatoms. The molecule has 1 aromatic heterocycles. The molecule has 3 rings (SSSR count). The highest BCUT2D eigenvalue weighted by Crippen LogP contribution is 2.40. The Bertz CT molecular complexity index is 805. The quantitative estimate of drug-likeness (QED) is 0.844. The number of aromatic nitrogens is 1. The molecule has 1 unspecified atom stereocenters. The number of pyridine rings is 1. The molecule has 0 radical (unpaired) electrons. The zero-order valence-electron chi connectivity index (χ0n) is 13.3. The van der Waals surface area contributed by atoms with E-state index in [-0.39, 0.29) is 11.1 Å². The second kappa shape index (κ2) is 6.29. The van der Waals surface area contributed by atoms with Crippen molar-refractivity contribution in [2.45, 2.75) is 37.9 Å². The van der Waals surface area contributed by atoms with Crippen molar-refractivity contribution in [2.24, 2.45) is 0 Å². The third kappa shape index (κ3) is 2.72. The van der Waals surface area contributed by atoms with Crippen molar-refractivity contribution >= 4 is 10.0 Å². The molecular weight excluding hydrogens is 312 g/mol. The third-order valence-electron chi connectivity index (χ3n) is 4.06. The van der Waals surface area contributed by atoms with E-state index < -0.39 is 10.0 Å². The van der Waals surface area contributed by atoms with Crippen LogP contribution in [0.1, 0.15) is 37.4 Å². The molecule has 0 amide bonds. The molecule has 1 aliphatic heterocycles. The first-order chi connectivity index (χ1) is 11.1. The summed E-state index contributed by atoms with van der Waals surface area (Å²) < 4.78 is 33.3. The number of ether oxygens (including phenoxy) is 1. The lowest BCUT2D eigenvalue weighted by Crippen LogP contribution is -2.30. The normalized spacial score (nSPS) is 17.9. The fourth-order valence-electron chi connectivity index (χ4n) is 3.06. The Balaban J connectivity index is 2.05. The maximum Gasteiger partial charge on any atom is 0.265 e. The van der Waals surface area contributed by atoms with Crippen LogP contribution in [0.4, 0.5) is 0 Å². The first-order valence-electron chi connectivity index (χ1n) is 7.77. The van der Waals surface area contributed by atoms with Crippen LogP contribution in [0.5, 0.6) is 5.75 Å². The van der Waals surface area contributed by atoms with Gasteiger partial charge < -0.3 is 4.74 Å². The fraction of sp³-hybridized carbons (Fsp3) is 0.353. The van der Waals surface area contributed by atoms with E-state index in [0.717, 1.165) is 11.1 Å². The van der Waals surface area contributed by atoms with Gasteiger partial charge in [-0.15, -0.1) is 0 Å². The summed E-state index contributed by atoms with van der Waals surface area (Å²) >= 11 is 0. The van der Waals surface area contributed by atoms with Crippen molar-refractivity contribution in [2.75, 3.05) is 6.61 Å². The van der Waals surface area contributed by atoms with Gasteiger partial charge in [0, 0.05) is 12.7 Å². The molecule has 122 valence electrons. The van der Waals surface area contributed by atoms with E-state index in [0.29, 0.717) is 25.3 Å². The molecule has 0 saturated carbocycles. The van der Waals surface area contributed by atoms with Crippen LogP contribution in [0.25, 0.3) is 0 Å². The van der Waals surface area contributed by atoms with E-state index in [4.69, 9.17) is 4.74 Å². The van der Waals surface area contributed by atoms with Crippen LogP contribution in [0.3, 0.4) is 0 Å². The molecule has 0 bridgehead atoms. The second-order valence-corrected chi connectivity index (χ2v) is 7.22. The van der Waals surface area contributed by atoms with Crippen molar-refractivity contribution in [1.29, 1.82) is 0 Å². The molecule has 2 aromatic rings. The number of benzene rings is 1. The number of nitrogens with zero attached hydrogens (tertiary/aromatic N) is 2. The zero-order valence-corrected chi connectivity index (χ0v) is 14.1. The van der Waals surface area contributed by atoms with Gasteiger partial charge in [-0.05, 0) is 36.6 Å². The summed E-state index contributed by atoms with van der Waals surface area (Å²) in [6.07, 6.45) is 2.20. The van der Waals surface area contributed by atoms with Gasteiger partial charge in [0.1, 0.15) is 0 Å². The SMILES string of the molecule is CCOc1cccnc1S(=O)(=O)N1Cc2ccccc2C1CC. The van der Waals surface area contributed by atoms with Crippen LogP contribution in [0.2, 0.25) is 0 Å². The predicted molar refractivity (Wildman–Crippen MR) is 87.6 cm³/mol. The third-order valence-corrected chi connectivity index (χ3v) is 5.86. The second-order valence-electron chi connectivity index (χ2n) is 5.41. The Kier molecular flexibility index (Phi) is 4.37. The number of rotatable bonds is 5. The molecule has 0 N–H and O–H groups in total. The molecule has 23 heavy (non-hydrogen) atoms. The van der Waals surface area contributed by atoms with E-state index in [1.165, 1.54) is 10.5 Å². The summed E-state index contributed by atoms with van der Waals surface area (Å²) in [7, 11) is -3.72. The van der Waals surface area contributed by atoms with Crippen LogP contribution in [-0.2, 0) is 16.6 Å². The number of fused-ring (bicyclic) bond motifs is 1. The lowest BCUT2D eigenvalue weighted by molar-refractivity contribution is 0.317. The van der Waals surface area contributed by atoms with Gasteiger partial charge in [-0.2, -0.15) is 4.31 Å². The molecule has 5 nitrogen and oxygen atoms in total. The number of sulfonamides is 1. The Morgan fingerprint density at radius 1 is 1.22 bits per heavy atom. The molecule has 0 aliphatic carbocycles. The van der Waals surface area contributed by atoms with Crippen LogP contribution in [0, 0.1) is 0 Å². The smallest absolute Gasteiger partial charge is 0.265 e. The van der Waals surface area contributed by atoms with Crippen molar-refractivity contribution in [3.8, 4) is 5.75 Å². The minimum atomic E-state index is -3.72. The van der Waals surface area contributed by atoms with Gasteiger partial charge >= 0.3 is 0 Å². The van der Waals surface area contributed by atoms with Gasteiger partial charge in [-0.1, -0.05) is 31.2 Å². The predicted octanol–water partition coefficient (Wildman–Crippen LogP) is 3.14. The van der Waals surface area contributed by atoms with Gasteiger partial charge in [0.05, 0.1) is 12.6 Å². The Labute approximate surface area is 137 Å². The standard InChI is InChI=1S/C17H20N2O3S/c1-3-15-14-9-6-5-8-13(14)12-19(15)23(20,21)17-16(22-4-2)10-7-11-18-17/h5-11,15H,3-4,12H2,1-2H3. The average molecular weight is 332 g/mol. The van der Waals surface area contributed by atoms with Gasteiger partial charge in [-0.25, -0.2) is 13.4 Å². The van der Waals surface area contributed by atoms with Gasteiger partial charge in [-0.3, -0.25) is 0 Å². The summed E-state index contributed by atoms with van der Waals surface area (Å²) in [5, 5.41) is -0.00638. The summed E-state index contributed by atoms with van der Waals surface area (Å²) in [4.78, 5) is 4.09. The zero-order chi connectivity index (χ0) is 16.4. The molecule has 1 atom stereocenters. The van der Waals surface area contributed by atoms with E-state index in [1.807, 2.05) is 38.1 Å².